The minimum Gasteiger partial charge on any atom is -0.370 e. The van der Waals surface area contributed by atoms with Crippen LogP contribution in [0, 0.1) is 0 Å². The fourth-order valence-electron chi connectivity index (χ4n) is 2.11. The molecule has 0 aliphatic rings. The molecule has 0 aliphatic carbocycles. The Morgan fingerprint density at radius 1 is 1.21 bits per heavy atom. The summed E-state index contributed by atoms with van der Waals surface area (Å²) in [7, 11) is 2.12. The Morgan fingerprint density at radius 3 is 2.53 bits per heavy atom. The average Bonchev–Trinajstić information content (AvgIpc) is 2.41. The van der Waals surface area contributed by atoms with E-state index in [-0.39, 0.29) is 0 Å². The molecule has 1 aromatic heterocycles. The summed E-state index contributed by atoms with van der Waals surface area (Å²) < 4.78 is 0. The molecule has 0 bridgehead atoms. The summed E-state index contributed by atoms with van der Waals surface area (Å²) in [6.45, 7) is 10.8. The van der Waals surface area contributed by atoms with Crippen LogP contribution in [0.4, 0.5) is 11.6 Å². The standard InChI is InChI=1S/C15H28N4/c1-6-8-10-19(5)15-13(12(3)4)14(16-9-7-2)17-11-18-15/h11-12H,6-10H2,1-5H3,(H,16,17,18). The topological polar surface area (TPSA) is 41.1 Å². The van der Waals surface area contributed by atoms with Crippen molar-refractivity contribution >= 4 is 11.6 Å². The molecule has 19 heavy (non-hydrogen) atoms. The SMILES string of the molecule is CCCCN(C)c1ncnc(NCCC)c1C(C)C. The van der Waals surface area contributed by atoms with Gasteiger partial charge in [-0.15, -0.1) is 0 Å². The summed E-state index contributed by atoms with van der Waals surface area (Å²) in [5, 5.41) is 3.42. The highest BCUT2D eigenvalue weighted by molar-refractivity contribution is 5.60. The van der Waals surface area contributed by atoms with E-state index in [1.807, 2.05) is 0 Å². The zero-order valence-electron chi connectivity index (χ0n) is 13.0. The summed E-state index contributed by atoms with van der Waals surface area (Å²) in [5.74, 6) is 2.47. The van der Waals surface area contributed by atoms with E-state index < -0.39 is 0 Å². The predicted octanol–water partition coefficient (Wildman–Crippen LogP) is 3.66. The third-order valence-corrected chi connectivity index (χ3v) is 3.19. The van der Waals surface area contributed by atoms with Crippen molar-refractivity contribution in [1.29, 1.82) is 0 Å². The van der Waals surface area contributed by atoms with Gasteiger partial charge >= 0.3 is 0 Å². The minimum atomic E-state index is 0.416. The molecular formula is C15H28N4. The second kappa shape index (κ2) is 7.97. The van der Waals surface area contributed by atoms with Gasteiger partial charge in [0.15, 0.2) is 0 Å². The average molecular weight is 264 g/mol. The Bertz CT molecular complexity index is 376. The molecule has 0 fully saturated rings. The Kier molecular flexibility index (Phi) is 6.60. The fourth-order valence-corrected chi connectivity index (χ4v) is 2.11. The molecule has 4 heteroatoms. The van der Waals surface area contributed by atoms with E-state index in [0.717, 1.165) is 31.1 Å². The Balaban J connectivity index is 3.01. The summed E-state index contributed by atoms with van der Waals surface area (Å²) in [4.78, 5) is 11.2. The summed E-state index contributed by atoms with van der Waals surface area (Å²) in [6.07, 6.45) is 5.16. The van der Waals surface area contributed by atoms with Crippen molar-refractivity contribution in [3.05, 3.63) is 11.9 Å². The highest BCUT2D eigenvalue weighted by Crippen LogP contribution is 2.30. The number of nitrogens with one attached hydrogen (secondary N) is 1. The quantitative estimate of drug-likeness (QED) is 0.778. The number of rotatable bonds is 8. The molecule has 0 atom stereocenters. The lowest BCUT2D eigenvalue weighted by Gasteiger charge is -2.24. The highest BCUT2D eigenvalue weighted by Gasteiger charge is 2.17. The van der Waals surface area contributed by atoms with Gasteiger partial charge in [-0.2, -0.15) is 0 Å². The second-order valence-corrected chi connectivity index (χ2v) is 5.32. The lowest BCUT2D eigenvalue weighted by atomic mass is 10.0. The van der Waals surface area contributed by atoms with Crippen LogP contribution >= 0.6 is 0 Å². The molecule has 0 saturated carbocycles. The molecule has 0 amide bonds. The first-order valence-corrected chi connectivity index (χ1v) is 7.41. The normalized spacial score (nSPS) is 10.8. The van der Waals surface area contributed by atoms with Gasteiger partial charge in [-0.25, -0.2) is 9.97 Å². The van der Waals surface area contributed by atoms with Crippen molar-refractivity contribution in [1.82, 2.24) is 9.97 Å². The first kappa shape index (κ1) is 15.7. The molecular weight excluding hydrogens is 236 g/mol. The smallest absolute Gasteiger partial charge is 0.137 e. The van der Waals surface area contributed by atoms with E-state index in [1.165, 1.54) is 18.4 Å². The third kappa shape index (κ3) is 4.37. The van der Waals surface area contributed by atoms with Crippen molar-refractivity contribution in [3.8, 4) is 0 Å². The summed E-state index contributed by atoms with van der Waals surface area (Å²) >= 11 is 0. The molecule has 1 rings (SSSR count). The zero-order chi connectivity index (χ0) is 14.3. The number of nitrogens with zero attached hydrogens (tertiary/aromatic N) is 3. The van der Waals surface area contributed by atoms with Gasteiger partial charge in [-0.1, -0.05) is 34.1 Å². The minimum absolute atomic E-state index is 0.416. The van der Waals surface area contributed by atoms with E-state index >= 15 is 0 Å². The molecule has 1 heterocycles. The van der Waals surface area contributed by atoms with Crippen LogP contribution in [0.5, 0.6) is 0 Å². The maximum Gasteiger partial charge on any atom is 0.137 e. The van der Waals surface area contributed by atoms with Crippen LogP contribution in [0.2, 0.25) is 0 Å². The van der Waals surface area contributed by atoms with Crippen molar-refractivity contribution in [2.45, 2.75) is 52.9 Å². The molecule has 1 N–H and O–H groups in total. The van der Waals surface area contributed by atoms with E-state index in [0.29, 0.717) is 5.92 Å². The highest BCUT2D eigenvalue weighted by atomic mass is 15.2. The van der Waals surface area contributed by atoms with E-state index in [4.69, 9.17) is 0 Å². The first-order chi connectivity index (χ1) is 9.11. The molecule has 4 nitrogen and oxygen atoms in total. The summed E-state index contributed by atoms with van der Waals surface area (Å²) in [5.41, 5.74) is 1.23. The van der Waals surface area contributed by atoms with Crippen molar-refractivity contribution in [2.75, 3.05) is 30.4 Å². The molecule has 0 spiro atoms. The van der Waals surface area contributed by atoms with Gasteiger partial charge in [0, 0.05) is 25.7 Å². The van der Waals surface area contributed by atoms with Crippen LogP contribution in [-0.2, 0) is 0 Å². The Hall–Kier alpha value is -1.32. The third-order valence-electron chi connectivity index (χ3n) is 3.19. The number of hydrogen-bond donors (Lipinski definition) is 1. The summed E-state index contributed by atoms with van der Waals surface area (Å²) in [6, 6.07) is 0. The van der Waals surface area contributed by atoms with Crippen LogP contribution in [-0.4, -0.2) is 30.1 Å². The maximum atomic E-state index is 4.50. The Morgan fingerprint density at radius 2 is 1.95 bits per heavy atom. The molecule has 0 radical (unpaired) electrons. The molecule has 0 unspecified atom stereocenters. The maximum absolute atomic E-state index is 4.50. The van der Waals surface area contributed by atoms with Gasteiger partial charge in [-0.3, -0.25) is 0 Å². The molecule has 108 valence electrons. The van der Waals surface area contributed by atoms with Crippen LogP contribution in [0.3, 0.4) is 0 Å². The number of hydrogen-bond acceptors (Lipinski definition) is 4. The van der Waals surface area contributed by atoms with E-state index in [2.05, 4.69) is 54.9 Å². The first-order valence-electron chi connectivity index (χ1n) is 7.41. The zero-order valence-corrected chi connectivity index (χ0v) is 13.0. The van der Waals surface area contributed by atoms with Crippen molar-refractivity contribution in [3.63, 3.8) is 0 Å². The van der Waals surface area contributed by atoms with Crippen LogP contribution in [0.15, 0.2) is 6.33 Å². The monoisotopic (exact) mass is 264 g/mol. The lowest BCUT2D eigenvalue weighted by Crippen LogP contribution is -2.22. The van der Waals surface area contributed by atoms with E-state index in [1.54, 1.807) is 6.33 Å². The van der Waals surface area contributed by atoms with Gasteiger partial charge < -0.3 is 10.2 Å². The van der Waals surface area contributed by atoms with Crippen molar-refractivity contribution in [2.24, 2.45) is 0 Å². The fraction of sp³-hybridized carbons (Fsp3) is 0.733. The van der Waals surface area contributed by atoms with Gasteiger partial charge in [0.1, 0.15) is 18.0 Å². The van der Waals surface area contributed by atoms with Crippen LogP contribution < -0.4 is 10.2 Å². The Labute approximate surface area is 117 Å². The molecule has 0 aromatic carbocycles. The molecule has 1 aromatic rings. The van der Waals surface area contributed by atoms with Crippen LogP contribution in [0.25, 0.3) is 0 Å². The molecule has 0 aliphatic heterocycles. The number of unbranched alkanes of at least 4 members (excludes halogenated alkanes) is 1. The molecule has 0 saturated heterocycles. The van der Waals surface area contributed by atoms with Gasteiger partial charge in [0.2, 0.25) is 0 Å². The lowest BCUT2D eigenvalue weighted by molar-refractivity contribution is 0.743. The van der Waals surface area contributed by atoms with Crippen molar-refractivity contribution < 1.29 is 0 Å². The van der Waals surface area contributed by atoms with Crippen LogP contribution in [0.1, 0.15) is 58.4 Å². The largest absolute Gasteiger partial charge is 0.370 e. The predicted molar refractivity (Wildman–Crippen MR) is 83.1 cm³/mol. The van der Waals surface area contributed by atoms with Gasteiger partial charge in [-0.05, 0) is 18.8 Å². The number of aromatic nitrogens is 2. The number of anilines is 2. The van der Waals surface area contributed by atoms with E-state index in [9.17, 15) is 0 Å². The van der Waals surface area contributed by atoms with Gasteiger partial charge in [0.25, 0.3) is 0 Å². The second-order valence-electron chi connectivity index (χ2n) is 5.32. The van der Waals surface area contributed by atoms with Gasteiger partial charge in [0.05, 0.1) is 0 Å².